The second-order valence-electron chi connectivity index (χ2n) is 9.05. The molecule has 0 bridgehead atoms. The number of aryl methyl sites for hydroxylation is 2. The molecule has 0 amide bonds. The molecule has 1 saturated heterocycles. The highest BCUT2D eigenvalue weighted by molar-refractivity contribution is 6.12. The van der Waals surface area contributed by atoms with E-state index in [0.29, 0.717) is 5.69 Å². The quantitative estimate of drug-likeness (QED) is 0.489. The Balaban J connectivity index is 1.45. The molecule has 0 unspecified atom stereocenters. The molecule has 6 heterocycles. The molecule has 4 aromatic heterocycles. The average molecular weight is 457 g/mol. The third kappa shape index (κ3) is 3.66. The molecule has 34 heavy (non-hydrogen) atoms. The number of rotatable bonds is 4. The lowest BCUT2D eigenvalue weighted by Gasteiger charge is -2.28. The van der Waals surface area contributed by atoms with Crippen LogP contribution in [-0.2, 0) is 20.1 Å². The standard InChI is InChI=1S/C25H28N8O/c1-32-14-17(20(15-34)31-32)18-8-7-16-6-5-9-27-24(22(16)28-18)25-29-19-12-26-13-21(23(19)30-25)33-10-3-2-4-11-33/h7-8,12-14,34H,2-6,9-11,15H2,1H3,(H,29,30). The van der Waals surface area contributed by atoms with E-state index in [1.165, 1.54) is 19.3 Å². The fraction of sp³-hybridized carbons (Fsp3) is 0.400. The van der Waals surface area contributed by atoms with Crippen molar-refractivity contribution in [2.45, 2.75) is 38.7 Å². The first-order chi connectivity index (χ1) is 16.7. The summed E-state index contributed by atoms with van der Waals surface area (Å²) in [6.07, 6.45) is 11.2. The smallest absolute Gasteiger partial charge is 0.159 e. The van der Waals surface area contributed by atoms with E-state index in [1.54, 1.807) is 4.68 Å². The number of hydrogen-bond acceptors (Lipinski definition) is 7. The molecule has 0 radical (unpaired) electrons. The van der Waals surface area contributed by atoms with E-state index < -0.39 is 0 Å². The van der Waals surface area contributed by atoms with Crippen LogP contribution in [0.25, 0.3) is 22.3 Å². The van der Waals surface area contributed by atoms with Gasteiger partial charge in [0.15, 0.2) is 5.82 Å². The Morgan fingerprint density at radius 2 is 1.94 bits per heavy atom. The zero-order valence-electron chi connectivity index (χ0n) is 19.3. The Bertz CT molecular complexity index is 1380. The van der Waals surface area contributed by atoms with Crippen LogP contribution in [-0.4, -0.2) is 60.2 Å². The number of aliphatic imine (C=N–C) groups is 1. The van der Waals surface area contributed by atoms with Crippen molar-refractivity contribution in [1.29, 1.82) is 0 Å². The van der Waals surface area contributed by atoms with Crippen LogP contribution in [0.1, 0.15) is 48.5 Å². The Kier molecular flexibility index (Phi) is 5.33. The van der Waals surface area contributed by atoms with E-state index in [9.17, 15) is 5.11 Å². The van der Waals surface area contributed by atoms with Crippen LogP contribution in [0, 0.1) is 0 Å². The molecule has 6 rings (SSSR count). The number of fused-ring (bicyclic) bond motifs is 2. The lowest BCUT2D eigenvalue weighted by Crippen LogP contribution is -2.29. The number of nitrogens with zero attached hydrogens (tertiary/aromatic N) is 7. The van der Waals surface area contributed by atoms with Gasteiger partial charge < -0.3 is 15.0 Å². The highest BCUT2D eigenvalue weighted by Gasteiger charge is 2.23. The summed E-state index contributed by atoms with van der Waals surface area (Å²) in [5.41, 5.74) is 7.93. The summed E-state index contributed by atoms with van der Waals surface area (Å²) in [4.78, 5) is 25.3. The van der Waals surface area contributed by atoms with Gasteiger partial charge in [-0.25, -0.2) is 9.97 Å². The van der Waals surface area contributed by atoms with Crippen molar-refractivity contribution < 1.29 is 5.11 Å². The molecule has 0 saturated carbocycles. The lowest BCUT2D eigenvalue weighted by molar-refractivity contribution is 0.276. The Labute approximate surface area is 197 Å². The minimum absolute atomic E-state index is 0.133. The predicted octanol–water partition coefficient (Wildman–Crippen LogP) is 3.02. The van der Waals surface area contributed by atoms with E-state index in [1.807, 2.05) is 31.7 Å². The molecule has 9 nitrogen and oxygen atoms in total. The van der Waals surface area contributed by atoms with Crippen LogP contribution in [0.4, 0.5) is 5.69 Å². The van der Waals surface area contributed by atoms with E-state index in [4.69, 9.17) is 15.0 Å². The monoisotopic (exact) mass is 456 g/mol. The number of imidazole rings is 1. The second-order valence-corrected chi connectivity index (χ2v) is 9.05. The summed E-state index contributed by atoms with van der Waals surface area (Å²) in [5, 5.41) is 14.1. The van der Waals surface area contributed by atoms with Gasteiger partial charge in [0.2, 0.25) is 0 Å². The van der Waals surface area contributed by atoms with Crippen molar-refractivity contribution in [2.24, 2.45) is 12.0 Å². The van der Waals surface area contributed by atoms with Crippen LogP contribution < -0.4 is 4.90 Å². The van der Waals surface area contributed by atoms with Crippen molar-refractivity contribution in [2.75, 3.05) is 24.5 Å². The average Bonchev–Trinajstić information content (AvgIpc) is 3.41. The van der Waals surface area contributed by atoms with Crippen LogP contribution in [0.5, 0.6) is 0 Å². The summed E-state index contributed by atoms with van der Waals surface area (Å²) in [5.74, 6) is 0.725. The van der Waals surface area contributed by atoms with E-state index in [2.05, 4.69) is 26.0 Å². The summed E-state index contributed by atoms with van der Waals surface area (Å²) >= 11 is 0. The molecule has 0 aliphatic carbocycles. The van der Waals surface area contributed by atoms with Crippen molar-refractivity contribution in [3.05, 3.63) is 53.5 Å². The highest BCUT2D eigenvalue weighted by Crippen LogP contribution is 2.29. The Morgan fingerprint density at radius 3 is 2.79 bits per heavy atom. The number of H-pyrrole nitrogens is 1. The number of aromatic nitrogens is 6. The molecule has 0 spiro atoms. The van der Waals surface area contributed by atoms with Gasteiger partial charge in [0.05, 0.1) is 47.3 Å². The summed E-state index contributed by atoms with van der Waals surface area (Å²) < 4.78 is 1.71. The van der Waals surface area contributed by atoms with Gasteiger partial charge in [0.1, 0.15) is 11.2 Å². The van der Waals surface area contributed by atoms with Gasteiger partial charge in [-0.2, -0.15) is 5.10 Å². The van der Waals surface area contributed by atoms with Crippen molar-refractivity contribution in [3.63, 3.8) is 0 Å². The third-order valence-electron chi connectivity index (χ3n) is 6.70. The highest BCUT2D eigenvalue weighted by atomic mass is 16.3. The lowest BCUT2D eigenvalue weighted by atomic mass is 10.0. The van der Waals surface area contributed by atoms with Crippen molar-refractivity contribution >= 4 is 22.4 Å². The second kappa shape index (κ2) is 8.64. The van der Waals surface area contributed by atoms with Crippen LogP contribution in [0.2, 0.25) is 0 Å². The minimum atomic E-state index is -0.133. The van der Waals surface area contributed by atoms with Crippen LogP contribution >= 0.6 is 0 Å². The molecule has 2 aliphatic heterocycles. The zero-order valence-corrected chi connectivity index (χ0v) is 19.3. The predicted molar refractivity (Wildman–Crippen MR) is 131 cm³/mol. The summed E-state index contributed by atoms with van der Waals surface area (Å²) in [6, 6.07) is 4.13. The number of aromatic amines is 1. The van der Waals surface area contributed by atoms with Crippen LogP contribution in [0.3, 0.4) is 0 Å². The Hall–Kier alpha value is -3.59. The number of hydrogen-bond donors (Lipinski definition) is 2. The number of anilines is 1. The maximum Gasteiger partial charge on any atom is 0.159 e. The van der Waals surface area contributed by atoms with E-state index >= 15 is 0 Å². The zero-order chi connectivity index (χ0) is 23.1. The van der Waals surface area contributed by atoms with Crippen molar-refractivity contribution in [3.8, 4) is 11.3 Å². The van der Waals surface area contributed by atoms with Gasteiger partial charge in [-0.3, -0.25) is 14.7 Å². The summed E-state index contributed by atoms with van der Waals surface area (Å²) in [6.45, 7) is 2.67. The molecule has 2 N–H and O–H groups in total. The molecule has 2 aliphatic rings. The Morgan fingerprint density at radius 1 is 1.06 bits per heavy atom. The van der Waals surface area contributed by atoms with E-state index in [0.717, 1.165) is 83.2 Å². The molecule has 9 heteroatoms. The topological polar surface area (TPSA) is 108 Å². The van der Waals surface area contributed by atoms with Gasteiger partial charge in [-0.1, -0.05) is 6.07 Å². The van der Waals surface area contributed by atoms with Gasteiger partial charge in [-0.15, -0.1) is 0 Å². The first kappa shape index (κ1) is 21.0. The number of pyridine rings is 2. The molecule has 174 valence electrons. The molecule has 1 fully saturated rings. The fourth-order valence-electron chi connectivity index (χ4n) is 5.03. The van der Waals surface area contributed by atoms with Gasteiger partial charge in [-0.05, 0) is 43.7 Å². The molecular weight excluding hydrogens is 428 g/mol. The molecular formula is C25H28N8O. The maximum absolute atomic E-state index is 9.77. The van der Waals surface area contributed by atoms with Gasteiger partial charge in [0.25, 0.3) is 0 Å². The summed E-state index contributed by atoms with van der Waals surface area (Å²) in [7, 11) is 1.85. The van der Waals surface area contributed by atoms with E-state index in [-0.39, 0.29) is 6.61 Å². The first-order valence-electron chi connectivity index (χ1n) is 12.0. The van der Waals surface area contributed by atoms with Crippen LogP contribution in [0.15, 0.2) is 35.7 Å². The largest absolute Gasteiger partial charge is 0.390 e. The number of aliphatic hydroxyl groups is 1. The first-order valence-corrected chi connectivity index (χ1v) is 12.0. The minimum Gasteiger partial charge on any atom is -0.390 e. The normalized spacial score (nSPS) is 16.4. The third-order valence-corrected chi connectivity index (χ3v) is 6.70. The van der Waals surface area contributed by atoms with Gasteiger partial charge >= 0.3 is 0 Å². The molecule has 0 atom stereocenters. The maximum atomic E-state index is 9.77. The number of piperidine rings is 1. The number of aliphatic hydroxyl groups excluding tert-OH is 1. The van der Waals surface area contributed by atoms with Gasteiger partial charge in [0, 0.05) is 38.4 Å². The SMILES string of the molecule is Cn1cc(-c2ccc3c(n2)C(c2nc4c(N5CCCCC5)cncc4[nH]2)=NCCC3)c(CO)n1. The fourth-order valence-corrected chi connectivity index (χ4v) is 5.03. The van der Waals surface area contributed by atoms with Crippen molar-refractivity contribution in [1.82, 2.24) is 29.7 Å². The number of nitrogens with one attached hydrogen (secondary N) is 1. The molecule has 4 aromatic rings. The molecule has 0 aromatic carbocycles.